The number of hydrogen-bond donors (Lipinski definition) is 2. The van der Waals surface area contributed by atoms with Gasteiger partial charge in [-0.3, -0.25) is 4.79 Å². The van der Waals surface area contributed by atoms with Gasteiger partial charge in [0.2, 0.25) is 5.91 Å². The summed E-state index contributed by atoms with van der Waals surface area (Å²) in [5.41, 5.74) is 6.65. The molecule has 0 unspecified atom stereocenters. The monoisotopic (exact) mass is 291 g/mol. The average Bonchev–Trinajstić information content (AvgIpc) is 2.52. The van der Waals surface area contributed by atoms with Crippen LogP contribution in [0.3, 0.4) is 0 Å². The van der Waals surface area contributed by atoms with E-state index in [0.29, 0.717) is 6.42 Å². The highest BCUT2D eigenvalue weighted by Gasteiger charge is 2.02. The van der Waals surface area contributed by atoms with Gasteiger partial charge in [-0.25, -0.2) is 0 Å². The number of carbonyl (C=O) groups excluding carboxylic acids is 1. The van der Waals surface area contributed by atoms with E-state index in [0.717, 1.165) is 51.7 Å². The van der Waals surface area contributed by atoms with E-state index in [-0.39, 0.29) is 5.91 Å². The Balaban J connectivity index is 2.02. The molecule has 0 aliphatic heterocycles. The Labute approximate surface area is 128 Å². The average molecular weight is 291 g/mol. The number of rotatable bonds is 11. The van der Waals surface area contributed by atoms with E-state index in [1.54, 1.807) is 0 Å². The summed E-state index contributed by atoms with van der Waals surface area (Å²) in [6.45, 7) is 2.45. The van der Waals surface area contributed by atoms with Crippen molar-refractivity contribution in [3.63, 3.8) is 0 Å². The van der Waals surface area contributed by atoms with Crippen LogP contribution in [0.2, 0.25) is 0 Å². The highest BCUT2D eigenvalue weighted by atomic mass is 16.1. The smallest absolute Gasteiger partial charge is 0.219 e. The third-order valence-corrected chi connectivity index (χ3v) is 3.55. The second-order valence-electron chi connectivity index (χ2n) is 5.41. The fourth-order valence-electron chi connectivity index (χ4n) is 2.23. The number of para-hydroxylation sites is 1. The van der Waals surface area contributed by atoms with Crippen LogP contribution in [0.5, 0.6) is 0 Å². The highest BCUT2D eigenvalue weighted by Crippen LogP contribution is 2.10. The van der Waals surface area contributed by atoms with Crippen molar-refractivity contribution in [2.75, 3.05) is 31.6 Å². The molecule has 118 valence electrons. The third kappa shape index (κ3) is 8.35. The molecule has 0 saturated heterocycles. The molecule has 0 aliphatic carbocycles. The first-order chi connectivity index (χ1) is 10.2. The number of hydrogen-bond acceptors (Lipinski definition) is 3. The highest BCUT2D eigenvalue weighted by molar-refractivity contribution is 5.75. The zero-order chi connectivity index (χ0) is 15.3. The van der Waals surface area contributed by atoms with Gasteiger partial charge in [-0.15, -0.1) is 0 Å². The second-order valence-corrected chi connectivity index (χ2v) is 5.41. The summed E-state index contributed by atoms with van der Waals surface area (Å²) >= 11 is 0. The SMILES string of the molecule is CN(CCCNC(=O)CCCCCCN)c1ccccc1. The maximum atomic E-state index is 11.6. The van der Waals surface area contributed by atoms with Gasteiger partial charge in [-0.2, -0.15) is 0 Å². The lowest BCUT2D eigenvalue weighted by molar-refractivity contribution is -0.121. The Morgan fingerprint density at radius 1 is 1.10 bits per heavy atom. The number of nitrogens with one attached hydrogen (secondary N) is 1. The quantitative estimate of drug-likeness (QED) is 0.616. The number of carbonyl (C=O) groups is 1. The number of anilines is 1. The molecule has 21 heavy (non-hydrogen) atoms. The molecule has 4 heteroatoms. The fraction of sp³-hybridized carbons (Fsp3) is 0.588. The number of nitrogens with zero attached hydrogens (tertiary/aromatic N) is 1. The van der Waals surface area contributed by atoms with Gasteiger partial charge in [0.1, 0.15) is 0 Å². The van der Waals surface area contributed by atoms with Crippen LogP contribution >= 0.6 is 0 Å². The van der Waals surface area contributed by atoms with Crippen molar-refractivity contribution in [2.24, 2.45) is 5.73 Å². The summed E-state index contributed by atoms with van der Waals surface area (Å²) in [6, 6.07) is 10.3. The predicted molar refractivity (Wildman–Crippen MR) is 89.5 cm³/mol. The van der Waals surface area contributed by atoms with Crippen molar-refractivity contribution in [2.45, 2.75) is 38.5 Å². The summed E-state index contributed by atoms with van der Waals surface area (Å²) in [5, 5.41) is 2.99. The van der Waals surface area contributed by atoms with Crippen LogP contribution in [0, 0.1) is 0 Å². The Kier molecular flexibility index (Phi) is 9.29. The van der Waals surface area contributed by atoms with Crippen LogP contribution in [-0.2, 0) is 4.79 Å². The van der Waals surface area contributed by atoms with Crippen molar-refractivity contribution in [1.29, 1.82) is 0 Å². The van der Waals surface area contributed by atoms with Gasteiger partial charge < -0.3 is 16.0 Å². The number of benzene rings is 1. The molecule has 0 heterocycles. The molecule has 0 radical (unpaired) electrons. The first-order valence-corrected chi connectivity index (χ1v) is 7.97. The van der Waals surface area contributed by atoms with Crippen LogP contribution in [0.4, 0.5) is 5.69 Å². The normalized spacial score (nSPS) is 10.4. The van der Waals surface area contributed by atoms with E-state index >= 15 is 0 Å². The molecule has 4 nitrogen and oxygen atoms in total. The Hall–Kier alpha value is -1.55. The van der Waals surface area contributed by atoms with Crippen LogP contribution in [-0.4, -0.2) is 32.6 Å². The van der Waals surface area contributed by atoms with Crippen LogP contribution in [0.25, 0.3) is 0 Å². The van der Waals surface area contributed by atoms with Crippen molar-refractivity contribution >= 4 is 11.6 Å². The summed E-state index contributed by atoms with van der Waals surface area (Å²) < 4.78 is 0. The fourth-order valence-corrected chi connectivity index (χ4v) is 2.23. The molecule has 0 aromatic heterocycles. The topological polar surface area (TPSA) is 58.4 Å². The van der Waals surface area contributed by atoms with Crippen LogP contribution in [0.15, 0.2) is 30.3 Å². The molecule has 0 bridgehead atoms. The molecule has 0 fully saturated rings. The molecule has 1 amide bonds. The summed E-state index contributed by atoms with van der Waals surface area (Å²) in [6.07, 6.45) is 5.86. The van der Waals surface area contributed by atoms with Gasteiger partial charge >= 0.3 is 0 Å². The molecular formula is C17H29N3O. The molecule has 0 atom stereocenters. The maximum Gasteiger partial charge on any atom is 0.219 e. The zero-order valence-electron chi connectivity index (χ0n) is 13.2. The van der Waals surface area contributed by atoms with Gasteiger partial charge in [0.15, 0.2) is 0 Å². The van der Waals surface area contributed by atoms with E-state index in [1.165, 1.54) is 5.69 Å². The van der Waals surface area contributed by atoms with E-state index in [2.05, 4.69) is 29.4 Å². The minimum atomic E-state index is 0.171. The van der Waals surface area contributed by atoms with Crippen molar-refractivity contribution in [3.05, 3.63) is 30.3 Å². The molecule has 1 aromatic carbocycles. The van der Waals surface area contributed by atoms with Crippen molar-refractivity contribution < 1.29 is 4.79 Å². The van der Waals surface area contributed by atoms with Crippen molar-refractivity contribution in [1.82, 2.24) is 5.32 Å². The van der Waals surface area contributed by atoms with E-state index < -0.39 is 0 Å². The molecule has 3 N–H and O–H groups in total. The lowest BCUT2D eigenvalue weighted by atomic mass is 10.1. The second kappa shape index (κ2) is 11.1. The Bertz CT molecular complexity index is 381. The standard InChI is InChI=1S/C17H29N3O/c1-20(16-10-5-4-6-11-16)15-9-14-19-17(21)12-7-2-3-8-13-18/h4-6,10-11H,2-3,7-9,12-15,18H2,1H3,(H,19,21). The molecule has 0 spiro atoms. The lowest BCUT2D eigenvalue weighted by Gasteiger charge is -2.19. The Morgan fingerprint density at radius 3 is 2.52 bits per heavy atom. The summed E-state index contributed by atoms with van der Waals surface area (Å²) in [4.78, 5) is 13.8. The van der Waals surface area contributed by atoms with Crippen molar-refractivity contribution in [3.8, 4) is 0 Å². The predicted octanol–water partition coefficient (Wildman–Crippen LogP) is 2.54. The third-order valence-electron chi connectivity index (χ3n) is 3.55. The van der Waals surface area contributed by atoms with Crippen LogP contribution < -0.4 is 16.0 Å². The summed E-state index contributed by atoms with van der Waals surface area (Å²) in [5.74, 6) is 0.171. The summed E-state index contributed by atoms with van der Waals surface area (Å²) in [7, 11) is 2.08. The van der Waals surface area contributed by atoms with E-state index in [9.17, 15) is 4.79 Å². The Morgan fingerprint density at radius 2 is 1.81 bits per heavy atom. The minimum Gasteiger partial charge on any atom is -0.375 e. The van der Waals surface area contributed by atoms with Gasteiger partial charge in [0.25, 0.3) is 0 Å². The van der Waals surface area contributed by atoms with Gasteiger partial charge in [0, 0.05) is 32.2 Å². The number of unbranched alkanes of at least 4 members (excludes halogenated alkanes) is 3. The van der Waals surface area contributed by atoms with E-state index in [1.807, 2.05) is 18.2 Å². The first kappa shape index (κ1) is 17.5. The molecule has 1 rings (SSSR count). The zero-order valence-corrected chi connectivity index (χ0v) is 13.2. The lowest BCUT2D eigenvalue weighted by Crippen LogP contribution is -2.27. The largest absolute Gasteiger partial charge is 0.375 e. The van der Waals surface area contributed by atoms with E-state index in [4.69, 9.17) is 5.73 Å². The number of amides is 1. The van der Waals surface area contributed by atoms with Crippen LogP contribution in [0.1, 0.15) is 38.5 Å². The van der Waals surface area contributed by atoms with Gasteiger partial charge in [-0.1, -0.05) is 31.0 Å². The molecular weight excluding hydrogens is 262 g/mol. The minimum absolute atomic E-state index is 0.171. The molecule has 0 saturated carbocycles. The number of nitrogens with two attached hydrogens (primary N) is 1. The molecule has 0 aliphatic rings. The van der Waals surface area contributed by atoms with Gasteiger partial charge in [-0.05, 0) is 37.9 Å². The maximum absolute atomic E-state index is 11.6. The first-order valence-electron chi connectivity index (χ1n) is 7.97. The molecule has 1 aromatic rings. The van der Waals surface area contributed by atoms with Gasteiger partial charge in [0.05, 0.1) is 0 Å².